The highest BCUT2D eigenvalue weighted by Crippen LogP contribution is 2.15. The second-order valence-corrected chi connectivity index (χ2v) is 12.0. The zero-order valence-electron chi connectivity index (χ0n) is 34.6. The van der Waals surface area contributed by atoms with Gasteiger partial charge in [-0.2, -0.15) is 5.10 Å². The SMILES string of the molecule is C=C/C(OC)=C(\C=C(/CNC)C(=NC)NC(C=C)Cc1cn[nH]c1C)OCCN(C)CC(=O)N(C)C.C=C/C=C\C=C/CC(=C)/C=C\C=C(C)C.CC. The molecule has 1 aromatic heterocycles. The summed E-state index contributed by atoms with van der Waals surface area (Å²) in [7, 11) is 10.5. The van der Waals surface area contributed by atoms with Gasteiger partial charge in [-0.05, 0) is 65.4 Å². The van der Waals surface area contributed by atoms with Gasteiger partial charge in [0.15, 0.2) is 11.5 Å². The summed E-state index contributed by atoms with van der Waals surface area (Å²) in [4.78, 5) is 19.9. The number of allylic oxidation sites excluding steroid dienone is 12. The first kappa shape index (κ1) is 50.2. The van der Waals surface area contributed by atoms with Crippen LogP contribution in [0.25, 0.3) is 0 Å². The molecule has 0 aliphatic carbocycles. The van der Waals surface area contributed by atoms with Crippen molar-refractivity contribution in [2.24, 2.45) is 4.99 Å². The van der Waals surface area contributed by atoms with Gasteiger partial charge in [-0.3, -0.25) is 19.8 Å². The fourth-order valence-corrected chi connectivity index (χ4v) is 4.16. The van der Waals surface area contributed by atoms with E-state index in [1.54, 1.807) is 45.3 Å². The Labute approximate surface area is 321 Å². The number of likely N-dealkylation sites (N-methyl/N-ethyl adjacent to an activating group) is 3. The standard InChI is InChI=1S/C26H43N7O3.C15H20.C2H6/c1-10-22(14-20-17-29-31-19(20)3)30-26(28-5)21(16-27-4)15-24(23(11-2)35-9)36-13-12-33(8)18-25(34)32(6)7;1-5-6-7-8-9-12-15(4)13-10-11-14(2)3;1-2/h10-11,15,17,22,27H,1-2,12-14,16,18H2,3-9H3,(H,28,30)(H,29,31);5-11,13H,1,4,12H2,2-3H3;1-2H3/b21-15+,24-23-;7-6-,9-8-,13-10-;. The molecule has 10 heteroatoms. The van der Waals surface area contributed by atoms with Crippen molar-refractivity contribution in [2.75, 3.05) is 68.6 Å². The highest BCUT2D eigenvalue weighted by Gasteiger charge is 2.16. The van der Waals surface area contributed by atoms with Crippen LogP contribution in [0.2, 0.25) is 0 Å². The Morgan fingerprint density at radius 2 is 1.79 bits per heavy atom. The molecule has 0 aliphatic heterocycles. The third-order valence-electron chi connectivity index (χ3n) is 7.10. The molecule has 0 fully saturated rings. The molecule has 0 saturated carbocycles. The van der Waals surface area contributed by atoms with Gasteiger partial charge in [0, 0.05) is 51.5 Å². The van der Waals surface area contributed by atoms with Gasteiger partial charge in [-0.25, -0.2) is 0 Å². The van der Waals surface area contributed by atoms with Crippen molar-refractivity contribution >= 4 is 11.7 Å². The van der Waals surface area contributed by atoms with Crippen LogP contribution in [0.3, 0.4) is 0 Å². The molecule has 0 aliphatic rings. The van der Waals surface area contributed by atoms with Gasteiger partial charge in [0.1, 0.15) is 12.4 Å². The molecule has 1 heterocycles. The number of carbonyl (C=O) groups is 1. The number of carbonyl (C=O) groups excluding carboxylic acids is 1. The number of H-pyrrole nitrogens is 1. The van der Waals surface area contributed by atoms with Crippen LogP contribution in [0.5, 0.6) is 0 Å². The number of amidine groups is 1. The third-order valence-corrected chi connectivity index (χ3v) is 7.10. The van der Waals surface area contributed by atoms with E-state index < -0.39 is 0 Å². The fraction of sp³-hybridized carbons (Fsp3) is 0.419. The van der Waals surface area contributed by atoms with E-state index in [1.165, 1.54) is 5.57 Å². The van der Waals surface area contributed by atoms with E-state index in [-0.39, 0.29) is 11.9 Å². The summed E-state index contributed by atoms with van der Waals surface area (Å²) in [5.74, 6) is 1.75. The van der Waals surface area contributed by atoms with Crippen molar-refractivity contribution in [3.8, 4) is 0 Å². The summed E-state index contributed by atoms with van der Waals surface area (Å²) < 4.78 is 11.6. The Morgan fingerprint density at radius 3 is 2.30 bits per heavy atom. The number of hydrogen-bond donors (Lipinski definition) is 3. The Balaban J connectivity index is 0. The lowest BCUT2D eigenvalue weighted by Crippen LogP contribution is -2.38. The van der Waals surface area contributed by atoms with Crippen LogP contribution < -0.4 is 10.6 Å². The third kappa shape index (κ3) is 24.0. The first-order valence-electron chi connectivity index (χ1n) is 17.9. The van der Waals surface area contributed by atoms with Crippen LogP contribution in [-0.2, 0) is 20.7 Å². The number of nitrogens with one attached hydrogen (secondary N) is 3. The molecule has 3 N–H and O–H groups in total. The van der Waals surface area contributed by atoms with Gasteiger partial charge < -0.3 is 25.0 Å². The largest absolute Gasteiger partial charge is 0.493 e. The number of rotatable bonds is 22. The molecule has 0 aromatic carbocycles. The Kier molecular flexibility index (Phi) is 30.1. The summed E-state index contributed by atoms with van der Waals surface area (Å²) in [5.41, 5.74) is 5.41. The van der Waals surface area contributed by atoms with E-state index in [2.05, 4.69) is 78.1 Å². The molecule has 0 spiro atoms. The van der Waals surface area contributed by atoms with Gasteiger partial charge in [0.25, 0.3) is 0 Å². The van der Waals surface area contributed by atoms with E-state index in [0.29, 0.717) is 50.0 Å². The molecule has 0 saturated heterocycles. The van der Waals surface area contributed by atoms with Crippen molar-refractivity contribution in [3.63, 3.8) is 0 Å². The first-order chi connectivity index (χ1) is 25.4. The maximum Gasteiger partial charge on any atom is 0.236 e. The molecule has 1 amide bonds. The number of aromatic amines is 1. The molecular weight excluding hydrogens is 663 g/mol. The summed E-state index contributed by atoms with van der Waals surface area (Å²) >= 11 is 0. The van der Waals surface area contributed by atoms with E-state index in [1.807, 2.05) is 88.5 Å². The maximum atomic E-state index is 12.0. The Bertz CT molecular complexity index is 1450. The minimum absolute atomic E-state index is 0.0328. The number of amides is 1. The lowest BCUT2D eigenvalue weighted by atomic mass is 10.1. The monoisotopic (exact) mass is 732 g/mol. The predicted octanol–water partition coefficient (Wildman–Crippen LogP) is 7.44. The van der Waals surface area contributed by atoms with Crippen molar-refractivity contribution < 1.29 is 14.3 Å². The normalized spacial score (nSPS) is 12.6. The van der Waals surface area contributed by atoms with E-state index in [9.17, 15) is 4.79 Å². The highest BCUT2D eigenvalue weighted by atomic mass is 16.5. The molecule has 294 valence electrons. The van der Waals surface area contributed by atoms with Crippen LogP contribution in [0, 0.1) is 6.92 Å². The maximum absolute atomic E-state index is 12.0. The van der Waals surface area contributed by atoms with Crippen LogP contribution in [-0.4, -0.2) is 106 Å². The van der Waals surface area contributed by atoms with E-state index in [4.69, 9.17) is 9.47 Å². The molecule has 1 atom stereocenters. The van der Waals surface area contributed by atoms with Gasteiger partial charge in [0.2, 0.25) is 5.91 Å². The van der Waals surface area contributed by atoms with Crippen LogP contribution in [0.4, 0.5) is 0 Å². The fourth-order valence-electron chi connectivity index (χ4n) is 4.16. The van der Waals surface area contributed by atoms with Gasteiger partial charge in [0.05, 0.1) is 19.9 Å². The minimum Gasteiger partial charge on any atom is -0.493 e. The van der Waals surface area contributed by atoms with Crippen molar-refractivity contribution in [1.29, 1.82) is 0 Å². The number of nitrogens with zero attached hydrogens (tertiary/aromatic N) is 4. The zero-order valence-corrected chi connectivity index (χ0v) is 34.6. The quantitative estimate of drug-likeness (QED) is 0.0374. The van der Waals surface area contributed by atoms with Crippen molar-refractivity contribution in [3.05, 3.63) is 139 Å². The predicted molar refractivity (Wildman–Crippen MR) is 228 cm³/mol. The van der Waals surface area contributed by atoms with Crippen molar-refractivity contribution in [1.82, 2.24) is 30.6 Å². The zero-order chi connectivity index (χ0) is 40.6. The first-order valence-corrected chi connectivity index (χ1v) is 17.9. The van der Waals surface area contributed by atoms with Crippen molar-refractivity contribution in [2.45, 2.75) is 53.5 Å². The Morgan fingerprint density at radius 1 is 1.09 bits per heavy atom. The molecule has 1 unspecified atom stereocenters. The lowest BCUT2D eigenvalue weighted by Gasteiger charge is -2.21. The molecule has 1 aromatic rings. The molecular formula is C43H69N7O3. The molecule has 10 nitrogen and oxygen atoms in total. The molecule has 1 rings (SSSR count). The average Bonchev–Trinajstić information content (AvgIpc) is 3.54. The summed E-state index contributed by atoms with van der Waals surface area (Å²) in [6, 6.07) is -0.0576. The lowest BCUT2D eigenvalue weighted by molar-refractivity contribution is -0.129. The van der Waals surface area contributed by atoms with E-state index >= 15 is 0 Å². The summed E-state index contributed by atoms with van der Waals surface area (Å²) in [6.45, 7) is 27.3. The molecule has 53 heavy (non-hydrogen) atoms. The number of hydrogen-bond acceptors (Lipinski definition) is 7. The number of aromatic nitrogens is 2. The van der Waals surface area contributed by atoms with E-state index in [0.717, 1.165) is 28.8 Å². The topological polar surface area (TPSA) is 107 Å². The van der Waals surface area contributed by atoms with Crippen LogP contribution >= 0.6 is 0 Å². The number of ether oxygens (including phenoxy) is 2. The number of methoxy groups -OCH3 is 1. The molecule has 0 bridgehead atoms. The smallest absolute Gasteiger partial charge is 0.236 e. The second kappa shape index (κ2) is 31.8. The summed E-state index contributed by atoms with van der Waals surface area (Å²) in [6.07, 6.45) is 24.6. The van der Waals surface area contributed by atoms with Gasteiger partial charge in [-0.15, -0.1) is 6.58 Å². The Hall–Kier alpha value is -4.93. The molecule has 0 radical (unpaired) electrons. The average molecular weight is 732 g/mol. The van der Waals surface area contributed by atoms with Crippen LogP contribution in [0.1, 0.15) is 45.4 Å². The highest BCUT2D eigenvalue weighted by molar-refractivity contribution is 5.99. The van der Waals surface area contributed by atoms with Gasteiger partial charge >= 0.3 is 0 Å². The van der Waals surface area contributed by atoms with Crippen LogP contribution in [0.15, 0.2) is 133 Å². The number of aryl methyl sites for hydroxylation is 1. The van der Waals surface area contributed by atoms with Gasteiger partial charge in [-0.1, -0.05) is 99.4 Å². The second-order valence-electron chi connectivity index (χ2n) is 12.0. The number of aliphatic imine (C=N–C) groups is 1. The summed E-state index contributed by atoms with van der Waals surface area (Å²) in [5, 5.41) is 13.7. The minimum atomic E-state index is -0.0576.